The van der Waals surface area contributed by atoms with Gasteiger partial charge in [0, 0.05) is 31.0 Å². The monoisotopic (exact) mass is 556 g/mol. The molecule has 0 saturated carbocycles. The van der Waals surface area contributed by atoms with Gasteiger partial charge in [0.1, 0.15) is 17.3 Å². The third-order valence-electron chi connectivity index (χ3n) is 5.41. The molecule has 0 spiro atoms. The largest absolute Gasteiger partial charge is 0.573 e. The molecule has 208 valence electrons. The average molecular weight is 556 g/mol. The SMILES string of the molecule is Cc1cc(CC(CNCCC(F)(F)F)(c2cccc(OC(F)(F)F)c2)c2cccc(OC(F)(F)F)c2)no1. The Morgan fingerprint density at radius 1 is 0.789 bits per heavy atom. The highest BCUT2D eigenvalue weighted by molar-refractivity contribution is 5.47. The van der Waals surface area contributed by atoms with Gasteiger partial charge < -0.3 is 19.3 Å². The smallest absolute Gasteiger partial charge is 0.406 e. The van der Waals surface area contributed by atoms with Gasteiger partial charge in [-0.3, -0.25) is 0 Å². The summed E-state index contributed by atoms with van der Waals surface area (Å²) in [6.45, 7) is 0.663. The standard InChI is InChI=1S/C24H21F9N2O3/c1-15-10-18(35-38-15)13-21(14-34-9-8-22(25,26)27,16-4-2-6-19(11-16)36-23(28,29)30)17-5-3-7-20(12-17)37-24(31,32)33/h2-7,10-12,34H,8-9,13-14H2,1H3. The van der Waals surface area contributed by atoms with Crippen molar-refractivity contribution < 1.29 is 53.5 Å². The van der Waals surface area contributed by atoms with Crippen LogP contribution in [0.25, 0.3) is 0 Å². The van der Waals surface area contributed by atoms with Gasteiger partial charge in [0.05, 0.1) is 12.1 Å². The van der Waals surface area contributed by atoms with Crippen LogP contribution in [0, 0.1) is 6.92 Å². The first-order valence-electron chi connectivity index (χ1n) is 11.0. The van der Waals surface area contributed by atoms with Crippen molar-refractivity contribution in [1.82, 2.24) is 10.5 Å². The minimum Gasteiger partial charge on any atom is -0.406 e. The predicted octanol–water partition coefficient (Wildman–Crippen LogP) is 6.85. The number of nitrogens with zero attached hydrogens (tertiary/aromatic N) is 1. The molecule has 0 unspecified atom stereocenters. The second-order valence-corrected chi connectivity index (χ2v) is 8.38. The average Bonchev–Trinajstić information content (AvgIpc) is 3.17. The zero-order valence-corrected chi connectivity index (χ0v) is 19.6. The summed E-state index contributed by atoms with van der Waals surface area (Å²) in [5, 5.41) is 6.52. The third-order valence-corrected chi connectivity index (χ3v) is 5.41. The van der Waals surface area contributed by atoms with Crippen LogP contribution in [0.4, 0.5) is 39.5 Å². The molecule has 0 fully saturated rings. The van der Waals surface area contributed by atoms with Crippen molar-refractivity contribution in [3.63, 3.8) is 0 Å². The van der Waals surface area contributed by atoms with Crippen molar-refractivity contribution in [1.29, 1.82) is 0 Å². The van der Waals surface area contributed by atoms with Gasteiger partial charge in [0.25, 0.3) is 0 Å². The van der Waals surface area contributed by atoms with Gasteiger partial charge in [-0.25, -0.2) is 0 Å². The number of aryl methyl sites for hydroxylation is 1. The number of benzene rings is 2. The Bertz CT molecular complexity index is 1140. The molecule has 3 rings (SSSR count). The molecule has 0 bridgehead atoms. The van der Waals surface area contributed by atoms with E-state index in [2.05, 4.69) is 19.9 Å². The molecule has 0 radical (unpaired) electrons. The van der Waals surface area contributed by atoms with Gasteiger partial charge in [-0.15, -0.1) is 26.3 Å². The van der Waals surface area contributed by atoms with Crippen LogP contribution in [0.15, 0.2) is 59.1 Å². The van der Waals surface area contributed by atoms with Crippen LogP contribution < -0.4 is 14.8 Å². The normalized spacial score (nSPS) is 13.0. The van der Waals surface area contributed by atoms with Crippen LogP contribution in [0.3, 0.4) is 0 Å². The number of nitrogens with one attached hydrogen (secondary N) is 1. The van der Waals surface area contributed by atoms with E-state index in [9.17, 15) is 39.5 Å². The summed E-state index contributed by atoms with van der Waals surface area (Å²) in [5.41, 5.74) is -1.08. The third kappa shape index (κ3) is 8.57. The molecule has 5 nitrogen and oxygen atoms in total. The number of rotatable bonds is 10. The van der Waals surface area contributed by atoms with Crippen molar-refractivity contribution in [3.8, 4) is 11.5 Å². The van der Waals surface area contributed by atoms with Crippen LogP contribution in [0.2, 0.25) is 0 Å². The maximum Gasteiger partial charge on any atom is 0.573 e. The summed E-state index contributed by atoms with van der Waals surface area (Å²) in [4.78, 5) is 0. The molecule has 3 aromatic rings. The van der Waals surface area contributed by atoms with E-state index in [4.69, 9.17) is 4.52 Å². The van der Waals surface area contributed by atoms with Gasteiger partial charge in [0.15, 0.2) is 0 Å². The van der Waals surface area contributed by atoms with Crippen molar-refractivity contribution >= 4 is 0 Å². The summed E-state index contributed by atoms with van der Waals surface area (Å²) in [6, 6.07) is 10.8. The fourth-order valence-corrected chi connectivity index (χ4v) is 3.96. The van der Waals surface area contributed by atoms with E-state index in [0.717, 1.165) is 24.3 Å². The lowest BCUT2D eigenvalue weighted by Gasteiger charge is -2.35. The van der Waals surface area contributed by atoms with Crippen molar-refractivity contribution in [3.05, 3.63) is 77.2 Å². The second-order valence-electron chi connectivity index (χ2n) is 8.38. The minimum absolute atomic E-state index is 0.101. The van der Waals surface area contributed by atoms with Gasteiger partial charge in [-0.2, -0.15) is 13.2 Å². The van der Waals surface area contributed by atoms with Crippen molar-refractivity contribution in [2.45, 2.75) is 44.1 Å². The molecule has 0 amide bonds. The molecule has 1 heterocycles. The number of aromatic nitrogens is 1. The number of alkyl halides is 9. The van der Waals surface area contributed by atoms with Gasteiger partial charge in [-0.1, -0.05) is 29.4 Å². The molecule has 14 heteroatoms. The van der Waals surface area contributed by atoms with E-state index in [1.165, 1.54) is 30.3 Å². The lowest BCUT2D eigenvalue weighted by molar-refractivity contribution is -0.275. The van der Waals surface area contributed by atoms with E-state index >= 15 is 0 Å². The van der Waals surface area contributed by atoms with Gasteiger partial charge in [-0.05, 0) is 42.3 Å². The Kier molecular flexibility index (Phi) is 8.54. The Labute approximate surface area is 210 Å². The molecular formula is C24H21F9N2O3. The van der Waals surface area contributed by atoms with Crippen LogP contribution in [-0.4, -0.2) is 37.1 Å². The first kappa shape index (κ1) is 29.1. The second kappa shape index (κ2) is 11.1. The van der Waals surface area contributed by atoms with Crippen molar-refractivity contribution in [2.24, 2.45) is 0 Å². The topological polar surface area (TPSA) is 56.5 Å². The summed E-state index contributed by atoms with van der Waals surface area (Å²) < 4.78 is 129. The Morgan fingerprint density at radius 3 is 1.74 bits per heavy atom. The van der Waals surface area contributed by atoms with E-state index in [-0.39, 0.29) is 29.8 Å². The molecule has 1 aromatic heterocycles. The first-order chi connectivity index (χ1) is 17.5. The fraction of sp³-hybridized carbons (Fsp3) is 0.375. The molecule has 0 saturated heterocycles. The van der Waals surface area contributed by atoms with Crippen LogP contribution >= 0.6 is 0 Å². The van der Waals surface area contributed by atoms with Crippen LogP contribution in [-0.2, 0) is 11.8 Å². The fourth-order valence-electron chi connectivity index (χ4n) is 3.96. The highest BCUT2D eigenvalue weighted by Gasteiger charge is 2.39. The maximum atomic E-state index is 12.9. The Morgan fingerprint density at radius 2 is 1.32 bits per heavy atom. The van der Waals surface area contributed by atoms with Crippen molar-refractivity contribution in [2.75, 3.05) is 13.1 Å². The quantitative estimate of drug-likeness (QED) is 0.219. The summed E-state index contributed by atoms with van der Waals surface area (Å²) in [6.07, 6.45) is -16.0. The molecule has 2 aromatic carbocycles. The summed E-state index contributed by atoms with van der Waals surface area (Å²) in [5.74, 6) is -0.898. The Balaban J connectivity index is 2.16. The van der Waals surface area contributed by atoms with Gasteiger partial charge >= 0.3 is 18.9 Å². The van der Waals surface area contributed by atoms with E-state index in [1.54, 1.807) is 6.92 Å². The van der Waals surface area contributed by atoms with Crippen LogP contribution in [0.1, 0.15) is 29.0 Å². The van der Waals surface area contributed by atoms with E-state index in [0.29, 0.717) is 5.76 Å². The molecule has 38 heavy (non-hydrogen) atoms. The number of halogens is 9. The van der Waals surface area contributed by atoms with E-state index < -0.39 is 48.8 Å². The molecule has 0 aliphatic heterocycles. The summed E-state index contributed by atoms with van der Waals surface area (Å²) >= 11 is 0. The minimum atomic E-state index is -5.05. The molecule has 0 aliphatic rings. The number of ether oxygens (including phenoxy) is 2. The molecule has 0 aliphatic carbocycles. The Hall–Kier alpha value is -3.42. The predicted molar refractivity (Wildman–Crippen MR) is 116 cm³/mol. The molecule has 0 atom stereocenters. The number of hydrogen-bond donors (Lipinski definition) is 1. The highest BCUT2D eigenvalue weighted by atomic mass is 19.4. The van der Waals surface area contributed by atoms with E-state index in [1.807, 2.05) is 0 Å². The highest BCUT2D eigenvalue weighted by Crippen LogP contribution is 2.40. The first-order valence-corrected chi connectivity index (χ1v) is 11.0. The lowest BCUT2D eigenvalue weighted by atomic mass is 9.71. The van der Waals surface area contributed by atoms with Crippen LogP contribution in [0.5, 0.6) is 11.5 Å². The zero-order valence-electron chi connectivity index (χ0n) is 19.6. The zero-order chi connectivity index (χ0) is 28.2. The van der Waals surface area contributed by atoms with Gasteiger partial charge in [0.2, 0.25) is 0 Å². The maximum absolute atomic E-state index is 12.9. The molecule has 1 N–H and O–H groups in total. The summed E-state index contributed by atoms with van der Waals surface area (Å²) in [7, 11) is 0. The molecular weight excluding hydrogens is 535 g/mol. The number of hydrogen-bond acceptors (Lipinski definition) is 5. The lowest BCUT2D eigenvalue weighted by Crippen LogP contribution is -2.42.